The fourth-order valence-electron chi connectivity index (χ4n) is 2.43. The van der Waals surface area contributed by atoms with E-state index in [-0.39, 0.29) is 0 Å². The van der Waals surface area contributed by atoms with E-state index in [4.69, 9.17) is 0 Å². The lowest BCUT2D eigenvalue weighted by Gasteiger charge is -2.30. The van der Waals surface area contributed by atoms with Crippen LogP contribution in [0.4, 0.5) is 0 Å². The molecule has 0 heterocycles. The van der Waals surface area contributed by atoms with Gasteiger partial charge in [-0.15, -0.1) is 0 Å². The summed E-state index contributed by atoms with van der Waals surface area (Å²) in [6.45, 7) is 7.36. The number of carbonyl (C=O) groups is 1. The standard InChI is InChI=1S/C17H28N2O/c1-5-15(2)17-9-7-16(8-10-17)13-19(3,4)12-6-11-18-14-20/h7-10,14-15H,5-6,11-13H2,1-4H3/p+1. The zero-order chi connectivity index (χ0) is 15.0. The maximum Gasteiger partial charge on any atom is 0.207 e. The average Bonchev–Trinajstić information content (AvgIpc) is 2.43. The van der Waals surface area contributed by atoms with Gasteiger partial charge < -0.3 is 9.80 Å². The van der Waals surface area contributed by atoms with Crippen molar-refractivity contribution in [3.8, 4) is 0 Å². The van der Waals surface area contributed by atoms with Crippen molar-refractivity contribution in [1.29, 1.82) is 0 Å². The Labute approximate surface area is 123 Å². The van der Waals surface area contributed by atoms with Crippen molar-refractivity contribution in [3.63, 3.8) is 0 Å². The molecule has 20 heavy (non-hydrogen) atoms. The monoisotopic (exact) mass is 277 g/mol. The molecule has 1 amide bonds. The smallest absolute Gasteiger partial charge is 0.207 e. The molecule has 0 bridgehead atoms. The molecule has 0 aromatic heterocycles. The Morgan fingerprint density at radius 3 is 2.45 bits per heavy atom. The first kappa shape index (κ1) is 16.7. The van der Waals surface area contributed by atoms with Gasteiger partial charge in [0.2, 0.25) is 6.41 Å². The first-order valence-electron chi connectivity index (χ1n) is 7.56. The van der Waals surface area contributed by atoms with Gasteiger partial charge in [0.25, 0.3) is 0 Å². The highest BCUT2D eigenvalue weighted by Crippen LogP contribution is 2.20. The molecule has 3 nitrogen and oxygen atoms in total. The molecule has 0 saturated heterocycles. The number of nitrogens with zero attached hydrogens (tertiary/aromatic N) is 1. The summed E-state index contributed by atoms with van der Waals surface area (Å²) >= 11 is 0. The normalized spacial score (nSPS) is 13.0. The molecule has 1 aromatic carbocycles. The summed E-state index contributed by atoms with van der Waals surface area (Å²) in [6.07, 6.45) is 2.97. The van der Waals surface area contributed by atoms with Gasteiger partial charge in [-0.3, -0.25) is 4.79 Å². The molecule has 0 aliphatic heterocycles. The summed E-state index contributed by atoms with van der Waals surface area (Å²) < 4.78 is 0.948. The Hall–Kier alpha value is -1.35. The van der Waals surface area contributed by atoms with Crippen molar-refractivity contribution in [2.45, 2.75) is 39.2 Å². The Balaban J connectivity index is 2.51. The highest BCUT2D eigenvalue weighted by Gasteiger charge is 2.15. The van der Waals surface area contributed by atoms with E-state index in [9.17, 15) is 4.79 Å². The lowest BCUT2D eigenvalue weighted by Crippen LogP contribution is -2.40. The van der Waals surface area contributed by atoms with Gasteiger partial charge in [0.15, 0.2) is 0 Å². The van der Waals surface area contributed by atoms with Crippen LogP contribution in [-0.4, -0.2) is 38.1 Å². The molecule has 1 aromatic rings. The molecule has 0 fully saturated rings. The van der Waals surface area contributed by atoms with Gasteiger partial charge >= 0.3 is 0 Å². The molecule has 3 heteroatoms. The minimum atomic E-state index is 0.640. The van der Waals surface area contributed by atoms with Gasteiger partial charge in [0, 0.05) is 18.5 Å². The second-order valence-corrected chi connectivity index (χ2v) is 6.29. The quantitative estimate of drug-likeness (QED) is 0.420. The summed E-state index contributed by atoms with van der Waals surface area (Å²) in [5, 5.41) is 2.72. The third-order valence-electron chi connectivity index (χ3n) is 3.94. The van der Waals surface area contributed by atoms with E-state index in [1.165, 1.54) is 17.5 Å². The number of nitrogens with one attached hydrogen (secondary N) is 1. The Morgan fingerprint density at radius 1 is 1.25 bits per heavy atom. The van der Waals surface area contributed by atoms with Crippen molar-refractivity contribution in [2.75, 3.05) is 27.2 Å². The SMILES string of the molecule is CCC(C)c1ccc(C[N+](C)(C)CCCNC=O)cc1. The van der Waals surface area contributed by atoms with Crippen LogP contribution in [0.15, 0.2) is 24.3 Å². The third kappa shape index (κ3) is 5.74. The fraction of sp³-hybridized carbons (Fsp3) is 0.588. The van der Waals surface area contributed by atoms with E-state index in [0.717, 1.165) is 36.9 Å². The van der Waals surface area contributed by atoms with Crippen LogP contribution in [-0.2, 0) is 11.3 Å². The molecule has 1 N–H and O–H groups in total. The summed E-state index contributed by atoms with van der Waals surface area (Å²) in [4.78, 5) is 10.2. The van der Waals surface area contributed by atoms with Gasteiger partial charge in [-0.05, 0) is 17.9 Å². The minimum Gasteiger partial charge on any atom is -0.358 e. The molecular weight excluding hydrogens is 248 g/mol. The van der Waals surface area contributed by atoms with Gasteiger partial charge in [0.1, 0.15) is 6.54 Å². The Bertz CT molecular complexity index is 398. The Morgan fingerprint density at radius 2 is 1.90 bits per heavy atom. The summed E-state index contributed by atoms with van der Waals surface area (Å²) in [6, 6.07) is 9.03. The molecular formula is C17H29N2O+. The molecule has 0 radical (unpaired) electrons. The predicted octanol–water partition coefficient (Wildman–Crippen LogP) is 2.91. The molecule has 0 saturated carbocycles. The van der Waals surface area contributed by atoms with Crippen molar-refractivity contribution >= 4 is 6.41 Å². The van der Waals surface area contributed by atoms with Gasteiger partial charge in [-0.1, -0.05) is 38.1 Å². The van der Waals surface area contributed by atoms with Crippen LogP contribution in [0, 0.1) is 0 Å². The maximum atomic E-state index is 10.2. The predicted molar refractivity (Wildman–Crippen MR) is 84.5 cm³/mol. The molecule has 112 valence electrons. The third-order valence-corrected chi connectivity index (χ3v) is 3.94. The van der Waals surface area contributed by atoms with Crippen molar-refractivity contribution in [2.24, 2.45) is 0 Å². The van der Waals surface area contributed by atoms with Crippen LogP contribution < -0.4 is 5.32 Å². The van der Waals surface area contributed by atoms with E-state index in [1.807, 2.05) is 0 Å². The molecule has 0 aliphatic rings. The molecule has 1 unspecified atom stereocenters. The number of rotatable bonds is 9. The van der Waals surface area contributed by atoms with E-state index >= 15 is 0 Å². The summed E-state index contributed by atoms with van der Waals surface area (Å²) in [5.41, 5.74) is 2.81. The minimum absolute atomic E-state index is 0.640. The molecule has 0 aliphatic carbocycles. The molecule has 1 atom stereocenters. The first-order chi connectivity index (χ1) is 9.48. The van der Waals surface area contributed by atoms with E-state index < -0.39 is 0 Å². The highest BCUT2D eigenvalue weighted by atomic mass is 16.1. The first-order valence-corrected chi connectivity index (χ1v) is 7.56. The second kappa shape index (κ2) is 8.05. The van der Waals surface area contributed by atoms with Crippen LogP contribution in [0.1, 0.15) is 43.7 Å². The van der Waals surface area contributed by atoms with Crippen LogP contribution in [0.3, 0.4) is 0 Å². The second-order valence-electron chi connectivity index (χ2n) is 6.29. The lowest BCUT2D eigenvalue weighted by molar-refractivity contribution is -0.903. The highest BCUT2D eigenvalue weighted by molar-refractivity contribution is 5.45. The van der Waals surface area contributed by atoms with Gasteiger partial charge in [-0.2, -0.15) is 0 Å². The zero-order valence-corrected chi connectivity index (χ0v) is 13.4. The number of hydrogen-bond acceptors (Lipinski definition) is 1. The van der Waals surface area contributed by atoms with E-state index in [1.54, 1.807) is 0 Å². The van der Waals surface area contributed by atoms with E-state index in [2.05, 4.69) is 57.5 Å². The van der Waals surface area contributed by atoms with Crippen LogP contribution in [0.25, 0.3) is 0 Å². The number of hydrogen-bond donors (Lipinski definition) is 1. The Kier molecular flexibility index (Phi) is 6.73. The zero-order valence-electron chi connectivity index (χ0n) is 13.4. The fourth-order valence-corrected chi connectivity index (χ4v) is 2.43. The topological polar surface area (TPSA) is 29.1 Å². The average molecular weight is 277 g/mol. The van der Waals surface area contributed by atoms with Crippen LogP contribution in [0.2, 0.25) is 0 Å². The number of carbonyl (C=O) groups excluding carboxylic acids is 1. The van der Waals surface area contributed by atoms with Crippen molar-refractivity contribution in [3.05, 3.63) is 35.4 Å². The van der Waals surface area contributed by atoms with Gasteiger partial charge in [-0.25, -0.2) is 0 Å². The lowest BCUT2D eigenvalue weighted by atomic mass is 9.97. The van der Waals surface area contributed by atoms with E-state index in [0.29, 0.717) is 5.92 Å². The summed E-state index contributed by atoms with van der Waals surface area (Å²) in [5.74, 6) is 0.640. The van der Waals surface area contributed by atoms with Crippen LogP contribution >= 0.6 is 0 Å². The van der Waals surface area contributed by atoms with Crippen molar-refractivity contribution in [1.82, 2.24) is 5.32 Å². The summed E-state index contributed by atoms with van der Waals surface area (Å²) in [7, 11) is 4.48. The van der Waals surface area contributed by atoms with Gasteiger partial charge in [0.05, 0.1) is 20.6 Å². The van der Waals surface area contributed by atoms with Crippen LogP contribution in [0.5, 0.6) is 0 Å². The number of quaternary nitrogens is 1. The molecule has 1 rings (SSSR count). The number of amides is 1. The largest absolute Gasteiger partial charge is 0.358 e. The maximum absolute atomic E-state index is 10.2. The molecule has 0 spiro atoms. The number of benzene rings is 1. The van der Waals surface area contributed by atoms with Crippen molar-refractivity contribution < 1.29 is 9.28 Å².